The quantitative estimate of drug-likeness (QED) is 0.158. The normalized spacial score (nSPS) is 12.1. The van der Waals surface area contributed by atoms with E-state index < -0.39 is 0 Å². The van der Waals surface area contributed by atoms with Gasteiger partial charge in [0, 0.05) is 0 Å². The molecule has 0 N–H and O–H groups in total. The van der Waals surface area contributed by atoms with Gasteiger partial charge in [-0.25, -0.2) is 0 Å². The Labute approximate surface area is 335 Å². The highest BCUT2D eigenvalue weighted by atomic mass is 14.2. The fourth-order valence-electron chi connectivity index (χ4n) is 10.3. The monoisotopic (exact) mass is 730 g/mol. The van der Waals surface area contributed by atoms with Gasteiger partial charge < -0.3 is 0 Å². The molecule has 0 bridgehead atoms. The summed E-state index contributed by atoms with van der Waals surface area (Å²) < 4.78 is 0. The van der Waals surface area contributed by atoms with E-state index in [1.807, 2.05) is 0 Å². The third-order valence-electron chi connectivity index (χ3n) is 12.9. The molecule has 0 radical (unpaired) electrons. The second kappa shape index (κ2) is 12.0. The molecule has 0 heteroatoms. The maximum atomic E-state index is 2.47. The molecule has 0 saturated heterocycles. The Kier molecular flexibility index (Phi) is 6.54. The molecular formula is C58H34. The van der Waals surface area contributed by atoms with Crippen molar-refractivity contribution < 1.29 is 0 Å². The Morgan fingerprint density at radius 2 is 0.603 bits per heavy atom. The summed E-state index contributed by atoms with van der Waals surface area (Å²) in [6.45, 7) is 0. The summed E-state index contributed by atoms with van der Waals surface area (Å²) in [6.07, 6.45) is 0. The van der Waals surface area contributed by atoms with E-state index in [2.05, 4.69) is 206 Å². The molecule has 0 spiro atoms. The third-order valence-corrected chi connectivity index (χ3v) is 12.9. The first-order chi connectivity index (χ1) is 28.7. The number of rotatable bonds is 4. The van der Waals surface area contributed by atoms with Crippen LogP contribution >= 0.6 is 0 Å². The fraction of sp³-hybridized carbons (Fsp3) is 0. The second-order valence-electron chi connectivity index (χ2n) is 16.0. The summed E-state index contributed by atoms with van der Waals surface area (Å²) in [6, 6.07) is 77.4. The van der Waals surface area contributed by atoms with Gasteiger partial charge in [0.25, 0.3) is 0 Å². The van der Waals surface area contributed by atoms with Crippen molar-refractivity contribution in [3.63, 3.8) is 0 Å². The van der Waals surface area contributed by atoms with Crippen molar-refractivity contribution in [3.8, 4) is 44.5 Å². The topological polar surface area (TPSA) is 0 Å². The molecule has 13 aromatic rings. The minimum absolute atomic E-state index is 1.22. The molecule has 0 heterocycles. The van der Waals surface area contributed by atoms with Gasteiger partial charge in [0.15, 0.2) is 0 Å². The number of hydrogen-bond acceptors (Lipinski definition) is 0. The maximum Gasteiger partial charge on any atom is -0.00206 e. The molecule has 13 aromatic carbocycles. The Bertz CT molecular complexity index is 3740. The number of fused-ring (bicyclic) bond motifs is 2. The minimum Gasteiger partial charge on any atom is -0.0622 e. The highest BCUT2D eigenvalue weighted by Gasteiger charge is 2.19. The molecule has 13 rings (SSSR count). The van der Waals surface area contributed by atoms with Gasteiger partial charge in [0.05, 0.1) is 0 Å². The highest BCUT2D eigenvalue weighted by Crippen LogP contribution is 2.47. The van der Waals surface area contributed by atoms with Crippen LogP contribution in [-0.4, -0.2) is 0 Å². The van der Waals surface area contributed by atoms with E-state index in [0.29, 0.717) is 0 Å². The van der Waals surface area contributed by atoms with Crippen LogP contribution in [0.1, 0.15) is 0 Å². The Balaban J connectivity index is 1.13. The smallest absolute Gasteiger partial charge is 0.00206 e. The van der Waals surface area contributed by atoms with Crippen LogP contribution < -0.4 is 0 Å². The summed E-state index contributed by atoms with van der Waals surface area (Å²) in [5, 5.41) is 20.7. The van der Waals surface area contributed by atoms with E-state index >= 15 is 0 Å². The zero-order chi connectivity index (χ0) is 37.9. The molecule has 0 nitrogen and oxygen atoms in total. The standard InChI is InChI=1S/C58H34/c1-2-9-35(10-3-1)45-17-8-18-49-52(45)33-44(48-28-24-41-22-20-37-13-7-15-39-26-30-51(48)58(41)56(37)39)34-54(49)53-32-43(31-42-11-4-5-16-46(42)53)47-27-23-40-21-19-36-12-6-14-38-25-29-50(47)57(40)55(36)38/h1-34H. The van der Waals surface area contributed by atoms with E-state index in [-0.39, 0.29) is 0 Å². The van der Waals surface area contributed by atoms with E-state index in [1.165, 1.54) is 131 Å². The maximum absolute atomic E-state index is 2.47. The number of hydrogen-bond donors (Lipinski definition) is 0. The molecule has 0 amide bonds. The fourth-order valence-corrected chi connectivity index (χ4v) is 10.3. The van der Waals surface area contributed by atoms with Gasteiger partial charge >= 0.3 is 0 Å². The van der Waals surface area contributed by atoms with E-state index in [0.717, 1.165) is 0 Å². The van der Waals surface area contributed by atoms with Crippen molar-refractivity contribution >= 4 is 86.2 Å². The first-order valence-electron chi connectivity index (χ1n) is 20.2. The SMILES string of the molecule is c1ccc(-c2cccc3c(-c4cc(-c5ccc6ccc7cccc8ccc5c6c78)cc5ccccc45)cc(-c4ccc5ccc6cccc7ccc4c5c67)cc23)cc1. The molecule has 0 aliphatic carbocycles. The lowest BCUT2D eigenvalue weighted by Gasteiger charge is -2.19. The van der Waals surface area contributed by atoms with Gasteiger partial charge in [-0.05, 0) is 155 Å². The van der Waals surface area contributed by atoms with Gasteiger partial charge in [0.1, 0.15) is 0 Å². The zero-order valence-electron chi connectivity index (χ0n) is 31.6. The summed E-state index contributed by atoms with van der Waals surface area (Å²) >= 11 is 0. The molecule has 0 aliphatic heterocycles. The Morgan fingerprint density at radius 1 is 0.172 bits per heavy atom. The summed E-state index contributed by atoms with van der Waals surface area (Å²) in [7, 11) is 0. The average molecular weight is 731 g/mol. The van der Waals surface area contributed by atoms with Crippen LogP contribution in [0.4, 0.5) is 0 Å². The van der Waals surface area contributed by atoms with Crippen molar-refractivity contribution in [2.75, 3.05) is 0 Å². The van der Waals surface area contributed by atoms with Crippen LogP contribution in [0.2, 0.25) is 0 Å². The lowest BCUT2D eigenvalue weighted by molar-refractivity contribution is 1.63. The van der Waals surface area contributed by atoms with E-state index in [1.54, 1.807) is 0 Å². The lowest BCUT2D eigenvalue weighted by atomic mass is 9.84. The van der Waals surface area contributed by atoms with Crippen molar-refractivity contribution in [2.45, 2.75) is 0 Å². The minimum atomic E-state index is 1.22. The van der Waals surface area contributed by atoms with Gasteiger partial charge in [-0.15, -0.1) is 0 Å². The molecular weight excluding hydrogens is 697 g/mol. The van der Waals surface area contributed by atoms with Gasteiger partial charge in [-0.2, -0.15) is 0 Å². The molecule has 0 aliphatic rings. The van der Waals surface area contributed by atoms with Gasteiger partial charge in [-0.3, -0.25) is 0 Å². The van der Waals surface area contributed by atoms with Crippen LogP contribution in [0.5, 0.6) is 0 Å². The van der Waals surface area contributed by atoms with Crippen molar-refractivity contribution in [3.05, 3.63) is 206 Å². The third kappa shape index (κ3) is 4.52. The van der Waals surface area contributed by atoms with Crippen LogP contribution in [0, 0.1) is 0 Å². The molecule has 0 aromatic heterocycles. The molecule has 266 valence electrons. The van der Waals surface area contributed by atoms with Crippen LogP contribution in [0.25, 0.3) is 131 Å². The summed E-state index contributed by atoms with van der Waals surface area (Å²) in [5.74, 6) is 0. The largest absolute Gasteiger partial charge is 0.0622 e. The van der Waals surface area contributed by atoms with Crippen LogP contribution in [0.15, 0.2) is 206 Å². The van der Waals surface area contributed by atoms with Crippen molar-refractivity contribution in [1.29, 1.82) is 0 Å². The van der Waals surface area contributed by atoms with E-state index in [4.69, 9.17) is 0 Å². The summed E-state index contributed by atoms with van der Waals surface area (Å²) in [4.78, 5) is 0. The Morgan fingerprint density at radius 3 is 1.22 bits per heavy atom. The molecule has 0 atom stereocenters. The molecule has 58 heavy (non-hydrogen) atoms. The van der Waals surface area contributed by atoms with Gasteiger partial charge in [-0.1, -0.05) is 182 Å². The van der Waals surface area contributed by atoms with Crippen molar-refractivity contribution in [1.82, 2.24) is 0 Å². The Hall–Kier alpha value is -7.54. The lowest BCUT2D eigenvalue weighted by Crippen LogP contribution is -1.92. The van der Waals surface area contributed by atoms with Crippen molar-refractivity contribution in [2.24, 2.45) is 0 Å². The predicted molar refractivity (Wildman–Crippen MR) is 251 cm³/mol. The van der Waals surface area contributed by atoms with E-state index in [9.17, 15) is 0 Å². The second-order valence-corrected chi connectivity index (χ2v) is 16.0. The first kappa shape index (κ1) is 31.6. The summed E-state index contributed by atoms with van der Waals surface area (Å²) in [5.41, 5.74) is 9.91. The molecule has 0 saturated carbocycles. The zero-order valence-corrected chi connectivity index (χ0v) is 31.6. The molecule has 0 fully saturated rings. The van der Waals surface area contributed by atoms with Gasteiger partial charge in [0.2, 0.25) is 0 Å². The van der Waals surface area contributed by atoms with Crippen LogP contribution in [-0.2, 0) is 0 Å². The van der Waals surface area contributed by atoms with Crippen LogP contribution in [0.3, 0.4) is 0 Å². The average Bonchev–Trinajstić information content (AvgIpc) is 3.29. The molecule has 0 unspecified atom stereocenters. The number of benzene rings is 13. The first-order valence-corrected chi connectivity index (χ1v) is 20.2. The predicted octanol–water partition coefficient (Wildman–Crippen LogP) is 16.5. The highest BCUT2D eigenvalue weighted by molar-refractivity contribution is 6.27.